The summed E-state index contributed by atoms with van der Waals surface area (Å²) < 4.78 is 6.56. The predicted octanol–water partition coefficient (Wildman–Crippen LogP) is 1.90. The van der Waals surface area contributed by atoms with Crippen LogP contribution in [-0.2, 0) is 7.05 Å². The van der Waals surface area contributed by atoms with Gasteiger partial charge >= 0.3 is 0 Å². The molecule has 1 aromatic heterocycles. The van der Waals surface area contributed by atoms with Crippen molar-refractivity contribution in [3.8, 4) is 5.75 Å². The normalized spacial score (nSPS) is 10.4. The average Bonchev–Trinajstić information content (AvgIpc) is 2.73. The molecule has 1 heterocycles. The highest BCUT2D eigenvalue weighted by atomic mass is 35.5. The van der Waals surface area contributed by atoms with Crippen molar-refractivity contribution >= 4 is 23.1 Å². The Morgan fingerprint density at radius 1 is 1.50 bits per heavy atom. The molecule has 0 aliphatic heterocycles. The van der Waals surface area contributed by atoms with Gasteiger partial charge in [0.1, 0.15) is 0 Å². The van der Waals surface area contributed by atoms with E-state index in [1.54, 1.807) is 19.2 Å². The maximum atomic E-state index is 12.3. The predicted molar refractivity (Wildman–Crippen MR) is 69.1 cm³/mol. The molecule has 0 radical (unpaired) electrons. The lowest BCUT2D eigenvalue weighted by atomic mass is 10.1. The summed E-state index contributed by atoms with van der Waals surface area (Å²) >= 11 is 5.90. The van der Waals surface area contributed by atoms with E-state index in [-0.39, 0.29) is 5.78 Å². The van der Waals surface area contributed by atoms with Gasteiger partial charge in [0, 0.05) is 12.6 Å². The van der Waals surface area contributed by atoms with Gasteiger partial charge < -0.3 is 10.5 Å². The van der Waals surface area contributed by atoms with Crippen molar-refractivity contribution in [3.05, 3.63) is 40.7 Å². The van der Waals surface area contributed by atoms with Crippen LogP contribution in [0.5, 0.6) is 5.75 Å². The summed E-state index contributed by atoms with van der Waals surface area (Å²) in [6, 6.07) is 4.75. The fourth-order valence-electron chi connectivity index (χ4n) is 1.63. The first kappa shape index (κ1) is 12.4. The first-order valence-corrected chi connectivity index (χ1v) is 5.58. The third-order valence-corrected chi connectivity index (χ3v) is 2.93. The number of ether oxygens (including phenoxy) is 1. The zero-order valence-electron chi connectivity index (χ0n) is 9.98. The molecule has 0 bridgehead atoms. The summed E-state index contributed by atoms with van der Waals surface area (Å²) in [5.74, 6) is 0.212. The number of carbonyl (C=O) groups is 1. The lowest BCUT2D eigenvalue weighted by Gasteiger charge is -2.06. The highest BCUT2D eigenvalue weighted by Crippen LogP contribution is 2.24. The molecule has 2 rings (SSSR count). The Balaban J connectivity index is 2.47. The molecular weight excluding hydrogens is 254 g/mol. The Bertz CT molecular complexity index is 607. The number of nitrogens with two attached hydrogens (primary N) is 1. The lowest BCUT2D eigenvalue weighted by Crippen LogP contribution is -2.09. The van der Waals surface area contributed by atoms with Crippen LogP contribution < -0.4 is 10.5 Å². The third-order valence-electron chi connectivity index (χ3n) is 2.60. The van der Waals surface area contributed by atoms with E-state index in [0.717, 1.165) is 0 Å². The van der Waals surface area contributed by atoms with Crippen molar-refractivity contribution in [2.75, 3.05) is 12.8 Å². The lowest BCUT2D eigenvalue weighted by molar-refractivity contribution is 0.102. The Morgan fingerprint density at radius 3 is 2.83 bits per heavy atom. The fourth-order valence-corrected chi connectivity index (χ4v) is 1.81. The number of nitrogen functional groups attached to an aromatic ring is 1. The molecule has 1 aromatic carbocycles. The number of aryl methyl sites for hydroxylation is 1. The maximum absolute atomic E-state index is 12.3. The quantitative estimate of drug-likeness (QED) is 0.680. The van der Waals surface area contributed by atoms with Gasteiger partial charge in [-0.05, 0) is 18.2 Å². The highest BCUT2D eigenvalue weighted by Gasteiger charge is 2.19. The number of ketones is 1. The highest BCUT2D eigenvalue weighted by molar-refractivity contribution is 6.33. The van der Waals surface area contributed by atoms with Gasteiger partial charge in [-0.1, -0.05) is 11.6 Å². The number of anilines is 1. The van der Waals surface area contributed by atoms with Crippen molar-refractivity contribution in [2.45, 2.75) is 0 Å². The molecule has 0 aliphatic carbocycles. The number of nitrogens with zero attached hydrogens (tertiary/aromatic N) is 2. The second-order valence-corrected chi connectivity index (χ2v) is 4.16. The van der Waals surface area contributed by atoms with E-state index in [9.17, 15) is 4.79 Å². The standard InChI is InChI=1S/C12H12ClN3O2/c1-16-11(10(18-2)6-15-16)12(17)7-3-4-9(14)8(13)5-7/h3-6H,14H2,1-2H3. The Hall–Kier alpha value is -2.01. The van der Waals surface area contributed by atoms with Gasteiger partial charge in [-0.15, -0.1) is 0 Å². The molecule has 0 saturated carbocycles. The van der Waals surface area contributed by atoms with Crippen molar-refractivity contribution in [1.29, 1.82) is 0 Å². The molecular formula is C12H12ClN3O2. The third kappa shape index (κ3) is 2.04. The first-order chi connectivity index (χ1) is 8.54. The molecule has 0 aliphatic rings. The largest absolute Gasteiger partial charge is 0.493 e. The van der Waals surface area contributed by atoms with E-state index < -0.39 is 0 Å². The minimum absolute atomic E-state index is 0.214. The molecule has 0 unspecified atom stereocenters. The number of hydrogen-bond donors (Lipinski definition) is 1. The van der Waals surface area contributed by atoms with Crippen LogP contribution in [0.4, 0.5) is 5.69 Å². The summed E-state index contributed by atoms with van der Waals surface area (Å²) in [7, 11) is 3.17. The molecule has 2 N–H and O–H groups in total. The van der Waals surface area contributed by atoms with Crippen molar-refractivity contribution in [2.24, 2.45) is 7.05 Å². The Kier molecular flexibility index (Phi) is 3.25. The van der Waals surface area contributed by atoms with Gasteiger partial charge in [0.2, 0.25) is 5.78 Å². The van der Waals surface area contributed by atoms with E-state index >= 15 is 0 Å². The first-order valence-electron chi connectivity index (χ1n) is 5.20. The molecule has 0 amide bonds. The van der Waals surface area contributed by atoms with Crippen LogP contribution in [-0.4, -0.2) is 22.7 Å². The average molecular weight is 266 g/mol. The minimum atomic E-state index is -0.214. The van der Waals surface area contributed by atoms with Crippen LogP contribution in [0.2, 0.25) is 5.02 Å². The fraction of sp³-hybridized carbons (Fsp3) is 0.167. The van der Waals surface area contributed by atoms with Gasteiger partial charge in [-0.2, -0.15) is 5.10 Å². The number of hydrogen-bond acceptors (Lipinski definition) is 4. The molecule has 2 aromatic rings. The van der Waals surface area contributed by atoms with Crippen molar-refractivity contribution in [3.63, 3.8) is 0 Å². The van der Waals surface area contributed by atoms with Crippen LogP contribution in [0, 0.1) is 0 Å². The van der Waals surface area contributed by atoms with Crippen molar-refractivity contribution in [1.82, 2.24) is 9.78 Å². The second-order valence-electron chi connectivity index (χ2n) is 3.75. The van der Waals surface area contributed by atoms with Crippen LogP contribution in [0.1, 0.15) is 16.1 Å². The zero-order chi connectivity index (χ0) is 13.3. The molecule has 5 nitrogen and oxygen atoms in total. The summed E-state index contributed by atoms with van der Waals surface area (Å²) in [4.78, 5) is 12.3. The van der Waals surface area contributed by atoms with Gasteiger partial charge in [-0.25, -0.2) is 0 Å². The molecule has 6 heteroatoms. The SMILES string of the molecule is COc1cnn(C)c1C(=O)c1ccc(N)c(Cl)c1. The summed E-state index contributed by atoms with van der Waals surface area (Å²) in [5.41, 5.74) is 6.86. The van der Waals surface area contributed by atoms with Gasteiger partial charge in [0.15, 0.2) is 11.4 Å². The number of methoxy groups -OCH3 is 1. The molecule has 18 heavy (non-hydrogen) atoms. The van der Waals surface area contributed by atoms with Gasteiger partial charge in [-0.3, -0.25) is 9.48 Å². The van der Waals surface area contributed by atoms with Crippen LogP contribution in [0.15, 0.2) is 24.4 Å². The maximum Gasteiger partial charge on any atom is 0.214 e. The smallest absolute Gasteiger partial charge is 0.214 e. The summed E-state index contributed by atoms with van der Waals surface area (Å²) in [6.45, 7) is 0. The number of aromatic nitrogens is 2. The monoisotopic (exact) mass is 265 g/mol. The Labute approximate surface area is 109 Å². The molecule has 0 fully saturated rings. The summed E-state index contributed by atoms with van der Waals surface area (Å²) in [5, 5.41) is 4.34. The van der Waals surface area contributed by atoms with Crippen LogP contribution in [0.25, 0.3) is 0 Å². The summed E-state index contributed by atoms with van der Waals surface area (Å²) in [6.07, 6.45) is 1.49. The number of rotatable bonds is 3. The second kappa shape index (κ2) is 4.70. The molecule has 0 atom stereocenters. The van der Waals surface area contributed by atoms with Crippen LogP contribution in [0.3, 0.4) is 0 Å². The van der Waals surface area contributed by atoms with Crippen LogP contribution >= 0.6 is 11.6 Å². The molecule has 0 spiro atoms. The topological polar surface area (TPSA) is 70.1 Å². The minimum Gasteiger partial charge on any atom is -0.493 e. The number of benzene rings is 1. The van der Waals surface area contributed by atoms with Crippen molar-refractivity contribution < 1.29 is 9.53 Å². The van der Waals surface area contributed by atoms with E-state index in [1.807, 2.05) is 0 Å². The van der Waals surface area contributed by atoms with Gasteiger partial charge in [0.05, 0.1) is 24.0 Å². The number of halogens is 1. The van der Waals surface area contributed by atoms with Gasteiger partial charge in [0.25, 0.3) is 0 Å². The van der Waals surface area contributed by atoms with E-state index in [1.165, 1.54) is 24.1 Å². The molecule has 0 saturated heterocycles. The Morgan fingerprint density at radius 2 is 2.22 bits per heavy atom. The molecule has 94 valence electrons. The number of carbonyl (C=O) groups excluding carboxylic acids is 1. The van der Waals surface area contributed by atoms with E-state index in [2.05, 4.69) is 5.10 Å². The zero-order valence-corrected chi connectivity index (χ0v) is 10.7. The van der Waals surface area contributed by atoms with E-state index in [0.29, 0.717) is 27.7 Å². The van der Waals surface area contributed by atoms with E-state index in [4.69, 9.17) is 22.1 Å².